The number of piperazine rings is 1. The summed E-state index contributed by atoms with van der Waals surface area (Å²) in [6.45, 7) is 4.41. The lowest BCUT2D eigenvalue weighted by Gasteiger charge is -2.31. The van der Waals surface area contributed by atoms with Crippen LogP contribution in [0.25, 0.3) is 22.2 Å². The lowest BCUT2D eigenvalue weighted by atomic mass is 10.1. The maximum absolute atomic E-state index is 12.5. The molecule has 0 radical (unpaired) electrons. The first-order valence-electron chi connectivity index (χ1n) is 9.11. The van der Waals surface area contributed by atoms with Crippen LogP contribution in [-0.4, -0.2) is 80.3 Å². The first-order chi connectivity index (χ1) is 13.1. The first kappa shape index (κ1) is 17.7. The summed E-state index contributed by atoms with van der Waals surface area (Å²) in [4.78, 5) is 25.8. The van der Waals surface area contributed by atoms with E-state index in [2.05, 4.69) is 37.1 Å². The summed E-state index contributed by atoms with van der Waals surface area (Å²) in [7, 11) is 3.94. The number of aromatic nitrogens is 5. The highest BCUT2D eigenvalue weighted by atomic mass is 16.1. The number of hydrogen-bond acceptors (Lipinski definition) is 7. The van der Waals surface area contributed by atoms with Crippen LogP contribution in [0, 0.1) is 0 Å². The van der Waals surface area contributed by atoms with Crippen molar-refractivity contribution in [1.29, 1.82) is 0 Å². The van der Waals surface area contributed by atoms with E-state index in [1.807, 2.05) is 25.4 Å². The molecule has 0 spiro atoms. The van der Waals surface area contributed by atoms with Crippen molar-refractivity contribution in [2.75, 3.05) is 39.8 Å². The summed E-state index contributed by atoms with van der Waals surface area (Å²) in [5.74, 6) is 0.203. The maximum atomic E-state index is 12.5. The van der Waals surface area contributed by atoms with Crippen molar-refractivity contribution in [2.45, 2.75) is 6.42 Å². The largest absolute Gasteiger partial charge is 0.304 e. The number of rotatable bonds is 5. The van der Waals surface area contributed by atoms with Crippen molar-refractivity contribution in [3.63, 3.8) is 0 Å². The summed E-state index contributed by atoms with van der Waals surface area (Å²) in [6.07, 6.45) is 5.74. The Balaban J connectivity index is 1.48. The monoisotopic (exact) mass is 365 g/mol. The number of ketones is 1. The highest BCUT2D eigenvalue weighted by Gasteiger charge is 2.17. The molecule has 0 saturated carbocycles. The van der Waals surface area contributed by atoms with Gasteiger partial charge in [-0.1, -0.05) is 5.21 Å². The number of hydrogen-bond donors (Lipinski definition) is 0. The van der Waals surface area contributed by atoms with Crippen LogP contribution in [0.2, 0.25) is 0 Å². The van der Waals surface area contributed by atoms with Crippen LogP contribution in [0.15, 0.2) is 30.7 Å². The number of carbonyl (C=O) groups excluding carboxylic acids is 1. The van der Waals surface area contributed by atoms with E-state index in [-0.39, 0.29) is 5.78 Å². The van der Waals surface area contributed by atoms with E-state index in [0.717, 1.165) is 54.0 Å². The third-order valence-corrected chi connectivity index (χ3v) is 4.90. The van der Waals surface area contributed by atoms with Gasteiger partial charge in [0.15, 0.2) is 5.78 Å². The van der Waals surface area contributed by atoms with Crippen LogP contribution < -0.4 is 0 Å². The van der Waals surface area contributed by atoms with Crippen LogP contribution in [-0.2, 0) is 18.3 Å². The smallest absolute Gasteiger partial charge is 0.152 e. The predicted octanol–water partition coefficient (Wildman–Crippen LogP) is 0.784. The standard InChI is InChI=1S/C19H23N7O/c1-24-3-5-26(6-4-24)12-17(27)9-16-7-14-8-18(19-13-25(2)23-22-19)21-11-15(14)10-20-16/h7-8,10-11,13H,3-6,9,12H2,1-2H3. The van der Waals surface area contributed by atoms with Crippen molar-refractivity contribution in [3.05, 3.63) is 36.4 Å². The average molecular weight is 365 g/mol. The highest BCUT2D eigenvalue weighted by molar-refractivity contribution is 5.87. The minimum atomic E-state index is 0.203. The van der Waals surface area contributed by atoms with Crippen LogP contribution in [0.3, 0.4) is 0 Å². The number of carbonyl (C=O) groups is 1. The second kappa shape index (κ2) is 7.50. The minimum absolute atomic E-state index is 0.203. The first-order valence-corrected chi connectivity index (χ1v) is 9.11. The third kappa shape index (κ3) is 4.17. The molecule has 4 rings (SSSR count). The molecule has 1 aliphatic rings. The number of Topliss-reactive ketones (excluding diaryl/α,β-unsaturated/α-hetero) is 1. The fourth-order valence-electron chi connectivity index (χ4n) is 3.30. The molecule has 140 valence electrons. The molecule has 0 amide bonds. The summed E-state index contributed by atoms with van der Waals surface area (Å²) in [5.41, 5.74) is 2.28. The van der Waals surface area contributed by atoms with Gasteiger partial charge < -0.3 is 4.90 Å². The van der Waals surface area contributed by atoms with Crippen LogP contribution in [0.5, 0.6) is 0 Å². The van der Waals surface area contributed by atoms with Gasteiger partial charge in [-0.3, -0.25) is 24.3 Å². The zero-order chi connectivity index (χ0) is 18.8. The molecule has 1 fully saturated rings. The summed E-state index contributed by atoms with van der Waals surface area (Å²) < 4.78 is 1.65. The Bertz CT molecular complexity index is 960. The van der Waals surface area contributed by atoms with Crippen LogP contribution in [0.4, 0.5) is 0 Å². The molecule has 8 nitrogen and oxygen atoms in total. The lowest BCUT2D eigenvalue weighted by molar-refractivity contribution is -0.120. The number of nitrogens with zero attached hydrogens (tertiary/aromatic N) is 7. The molecule has 0 bridgehead atoms. The normalized spacial score (nSPS) is 16.1. The minimum Gasteiger partial charge on any atom is -0.304 e. The molecule has 1 saturated heterocycles. The zero-order valence-electron chi connectivity index (χ0n) is 15.7. The van der Waals surface area contributed by atoms with E-state index in [1.165, 1.54) is 0 Å². The zero-order valence-corrected chi connectivity index (χ0v) is 15.7. The Morgan fingerprint density at radius 3 is 2.52 bits per heavy atom. The third-order valence-electron chi connectivity index (χ3n) is 4.90. The second-order valence-electron chi connectivity index (χ2n) is 7.16. The van der Waals surface area contributed by atoms with Gasteiger partial charge in [0.05, 0.1) is 24.9 Å². The highest BCUT2D eigenvalue weighted by Crippen LogP contribution is 2.20. The molecule has 3 aromatic heterocycles. The molecule has 4 heterocycles. The molecule has 8 heteroatoms. The Labute approximate surface area is 157 Å². The molecular formula is C19H23N7O. The second-order valence-corrected chi connectivity index (χ2v) is 7.16. The Morgan fingerprint density at radius 1 is 1.00 bits per heavy atom. The molecule has 3 aromatic rings. The van der Waals surface area contributed by atoms with E-state index in [4.69, 9.17) is 0 Å². The average Bonchev–Trinajstić information content (AvgIpc) is 3.09. The van der Waals surface area contributed by atoms with Crippen molar-refractivity contribution in [2.24, 2.45) is 7.05 Å². The van der Waals surface area contributed by atoms with Crippen molar-refractivity contribution in [1.82, 2.24) is 34.8 Å². The topological polar surface area (TPSA) is 80.0 Å². The number of pyridine rings is 2. The number of aryl methyl sites for hydroxylation is 1. The molecule has 0 aromatic carbocycles. The van der Waals surface area contributed by atoms with Gasteiger partial charge in [0, 0.05) is 56.7 Å². The molecule has 0 atom stereocenters. The summed E-state index contributed by atoms with van der Waals surface area (Å²) >= 11 is 0. The van der Waals surface area contributed by atoms with Crippen molar-refractivity contribution < 1.29 is 4.79 Å². The van der Waals surface area contributed by atoms with Gasteiger partial charge >= 0.3 is 0 Å². The van der Waals surface area contributed by atoms with Gasteiger partial charge in [-0.25, -0.2) is 0 Å². The molecule has 27 heavy (non-hydrogen) atoms. The van der Waals surface area contributed by atoms with Gasteiger partial charge in [0.1, 0.15) is 5.69 Å². The maximum Gasteiger partial charge on any atom is 0.152 e. The lowest BCUT2D eigenvalue weighted by Crippen LogP contribution is -2.46. The summed E-state index contributed by atoms with van der Waals surface area (Å²) in [6, 6.07) is 3.94. The predicted molar refractivity (Wildman–Crippen MR) is 102 cm³/mol. The number of likely N-dealkylation sites (N-methyl/N-ethyl adjacent to an activating group) is 1. The Kier molecular flexibility index (Phi) is 4.91. The molecular weight excluding hydrogens is 342 g/mol. The Morgan fingerprint density at radius 2 is 1.78 bits per heavy atom. The number of fused-ring (bicyclic) bond motifs is 1. The van der Waals surface area contributed by atoms with E-state index in [0.29, 0.717) is 13.0 Å². The molecule has 0 aliphatic carbocycles. The summed E-state index contributed by atoms with van der Waals surface area (Å²) in [5, 5.41) is 10.0. The van der Waals surface area contributed by atoms with Gasteiger partial charge in [0.25, 0.3) is 0 Å². The van der Waals surface area contributed by atoms with E-state index < -0.39 is 0 Å². The Hall–Kier alpha value is -2.71. The van der Waals surface area contributed by atoms with Gasteiger partial charge in [-0.05, 0) is 24.6 Å². The van der Waals surface area contributed by atoms with E-state index >= 15 is 0 Å². The molecule has 0 unspecified atom stereocenters. The van der Waals surface area contributed by atoms with Crippen LogP contribution in [0.1, 0.15) is 5.69 Å². The SMILES string of the molecule is CN1CCN(CC(=O)Cc2cc3cc(-c4cn(C)nn4)ncc3cn2)CC1. The van der Waals surface area contributed by atoms with Gasteiger partial charge in [-0.2, -0.15) is 0 Å². The fraction of sp³-hybridized carbons (Fsp3) is 0.421. The van der Waals surface area contributed by atoms with Gasteiger partial charge in [0.2, 0.25) is 0 Å². The molecule has 1 aliphatic heterocycles. The molecule has 0 N–H and O–H groups in total. The fourth-order valence-corrected chi connectivity index (χ4v) is 3.30. The quantitative estimate of drug-likeness (QED) is 0.661. The van der Waals surface area contributed by atoms with Crippen molar-refractivity contribution >= 4 is 16.6 Å². The van der Waals surface area contributed by atoms with E-state index in [1.54, 1.807) is 17.1 Å². The van der Waals surface area contributed by atoms with Gasteiger partial charge in [-0.15, -0.1) is 5.10 Å². The van der Waals surface area contributed by atoms with E-state index in [9.17, 15) is 4.79 Å². The van der Waals surface area contributed by atoms with Crippen molar-refractivity contribution in [3.8, 4) is 11.4 Å². The van der Waals surface area contributed by atoms with Crippen LogP contribution >= 0.6 is 0 Å².